The molecule has 6 heteroatoms. The van der Waals surface area contributed by atoms with E-state index in [0.717, 1.165) is 65.0 Å². The van der Waals surface area contributed by atoms with Crippen LogP contribution >= 0.6 is 0 Å². The van der Waals surface area contributed by atoms with Crippen LogP contribution in [0.4, 0.5) is 0 Å². The Labute approximate surface area is 143 Å². The third-order valence-electron chi connectivity index (χ3n) is 6.93. The highest BCUT2D eigenvalue weighted by molar-refractivity contribution is 5.11. The van der Waals surface area contributed by atoms with E-state index in [1.807, 2.05) is 0 Å². The maximum atomic E-state index is 6.72. The van der Waals surface area contributed by atoms with Gasteiger partial charge in [-0.25, -0.2) is 0 Å². The lowest BCUT2D eigenvalue weighted by Crippen LogP contribution is -2.60. The minimum absolute atomic E-state index is 0.0853. The Morgan fingerprint density at radius 3 is 1.17 bits per heavy atom. The molecule has 4 saturated heterocycles. The molecule has 4 heterocycles. The second-order valence-corrected chi connectivity index (χ2v) is 8.99. The molecule has 0 spiro atoms. The van der Waals surface area contributed by atoms with Crippen LogP contribution < -0.4 is 11.5 Å². The molecule has 6 atom stereocenters. The Morgan fingerprint density at radius 2 is 0.917 bits per heavy atom. The minimum atomic E-state index is 0.0853. The lowest BCUT2D eigenvalue weighted by Gasteiger charge is -2.55. The zero-order valence-electron chi connectivity index (χ0n) is 14.3. The van der Waals surface area contributed by atoms with Crippen LogP contribution in [-0.4, -0.2) is 62.9 Å². The van der Waals surface area contributed by atoms with Crippen LogP contribution in [0, 0.1) is 10.8 Å². The first-order valence-electron chi connectivity index (χ1n) is 9.55. The molecular formula is C18H30N2O4. The molecule has 0 aromatic heterocycles. The first-order chi connectivity index (χ1) is 11.6. The van der Waals surface area contributed by atoms with Crippen molar-refractivity contribution in [2.45, 2.75) is 75.0 Å². The number of rotatable bonds is 8. The van der Waals surface area contributed by atoms with E-state index in [-0.39, 0.29) is 22.9 Å². The standard InChI is InChI=1S/C18H30N2O4/c19-15-1-16(20)18(4-13-8-23-13,5-14-9-24-14)10-17(15,2-11-6-21-11)3-12-7-22-12/h11-16H,1-10,19-20H2. The zero-order chi connectivity index (χ0) is 16.4. The molecular weight excluding hydrogens is 308 g/mol. The molecule has 5 fully saturated rings. The summed E-state index contributed by atoms with van der Waals surface area (Å²) in [6, 6.07) is 0.267. The highest BCUT2D eigenvalue weighted by atomic mass is 16.6. The smallest absolute Gasteiger partial charge is 0.0815 e. The molecule has 5 rings (SSSR count). The van der Waals surface area contributed by atoms with E-state index in [0.29, 0.717) is 24.4 Å². The second-order valence-electron chi connectivity index (χ2n) is 8.99. The summed E-state index contributed by atoms with van der Waals surface area (Å²) in [7, 11) is 0. The molecule has 6 nitrogen and oxygen atoms in total. The molecule has 0 aromatic carbocycles. The number of ether oxygens (including phenoxy) is 4. The van der Waals surface area contributed by atoms with Crippen molar-refractivity contribution in [3.8, 4) is 0 Å². The van der Waals surface area contributed by atoms with Crippen molar-refractivity contribution in [3.05, 3.63) is 0 Å². The Bertz CT molecular complexity index is 415. The van der Waals surface area contributed by atoms with E-state index in [2.05, 4.69) is 0 Å². The highest BCUT2D eigenvalue weighted by Crippen LogP contribution is 2.57. The fourth-order valence-corrected chi connectivity index (χ4v) is 5.36. The van der Waals surface area contributed by atoms with Crippen LogP contribution in [0.5, 0.6) is 0 Å². The van der Waals surface area contributed by atoms with Crippen LogP contribution in [0.2, 0.25) is 0 Å². The Morgan fingerprint density at radius 1 is 0.625 bits per heavy atom. The lowest BCUT2D eigenvalue weighted by molar-refractivity contribution is -0.0212. The molecule has 136 valence electrons. The van der Waals surface area contributed by atoms with E-state index in [1.165, 1.54) is 0 Å². The largest absolute Gasteiger partial charge is 0.373 e. The van der Waals surface area contributed by atoms with Gasteiger partial charge in [0.05, 0.1) is 50.8 Å². The van der Waals surface area contributed by atoms with Gasteiger partial charge in [0.15, 0.2) is 0 Å². The van der Waals surface area contributed by atoms with Gasteiger partial charge in [0.25, 0.3) is 0 Å². The summed E-state index contributed by atoms with van der Waals surface area (Å²) < 4.78 is 22.4. The van der Waals surface area contributed by atoms with E-state index in [1.54, 1.807) is 0 Å². The number of hydrogen-bond donors (Lipinski definition) is 2. The van der Waals surface area contributed by atoms with Gasteiger partial charge in [-0.05, 0) is 49.4 Å². The van der Waals surface area contributed by atoms with Crippen LogP contribution in [0.1, 0.15) is 38.5 Å². The van der Waals surface area contributed by atoms with Crippen molar-refractivity contribution >= 4 is 0 Å². The van der Waals surface area contributed by atoms with Crippen molar-refractivity contribution < 1.29 is 18.9 Å². The van der Waals surface area contributed by atoms with Crippen molar-refractivity contribution in [1.29, 1.82) is 0 Å². The van der Waals surface area contributed by atoms with Crippen LogP contribution in [0.3, 0.4) is 0 Å². The van der Waals surface area contributed by atoms with Gasteiger partial charge in [0.2, 0.25) is 0 Å². The predicted molar refractivity (Wildman–Crippen MR) is 87.5 cm³/mol. The van der Waals surface area contributed by atoms with Gasteiger partial charge in [-0.2, -0.15) is 0 Å². The third kappa shape index (κ3) is 3.24. The topological polar surface area (TPSA) is 102 Å². The first kappa shape index (κ1) is 16.0. The van der Waals surface area contributed by atoms with Crippen LogP contribution in [0.15, 0.2) is 0 Å². The van der Waals surface area contributed by atoms with Crippen molar-refractivity contribution in [2.75, 3.05) is 26.4 Å². The van der Waals surface area contributed by atoms with Gasteiger partial charge in [0.1, 0.15) is 0 Å². The van der Waals surface area contributed by atoms with Gasteiger partial charge < -0.3 is 30.4 Å². The highest BCUT2D eigenvalue weighted by Gasteiger charge is 2.58. The average Bonchev–Trinajstić information content (AvgIpc) is 3.35. The number of nitrogens with two attached hydrogens (primary N) is 2. The molecule has 1 saturated carbocycles. The van der Waals surface area contributed by atoms with Crippen molar-refractivity contribution in [1.82, 2.24) is 0 Å². The first-order valence-corrected chi connectivity index (χ1v) is 9.55. The third-order valence-corrected chi connectivity index (χ3v) is 6.93. The monoisotopic (exact) mass is 338 g/mol. The summed E-state index contributed by atoms with van der Waals surface area (Å²) >= 11 is 0. The summed E-state index contributed by atoms with van der Waals surface area (Å²) in [5, 5.41) is 0. The Kier molecular flexibility index (Phi) is 3.75. The molecule has 0 radical (unpaired) electrons. The molecule has 6 unspecified atom stereocenters. The lowest BCUT2D eigenvalue weighted by atomic mass is 9.52. The number of epoxide rings is 4. The maximum Gasteiger partial charge on any atom is 0.0815 e. The summed E-state index contributed by atoms with van der Waals surface area (Å²) in [6.45, 7) is 3.54. The zero-order valence-corrected chi connectivity index (χ0v) is 14.3. The summed E-state index contributed by atoms with van der Waals surface area (Å²) in [4.78, 5) is 0. The van der Waals surface area contributed by atoms with Crippen molar-refractivity contribution in [3.63, 3.8) is 0 Å². The van der Waals surface area contributed by atoms with E-state index < -0.39 is 0 Å². The minimum Gasteiger partial charge on any atom is -0.373 e. The van der Waals surface area contributed by atoms with Gasteiger partial charge in [0, 0.05) is 12.1 Å². The van der Waals surface area contributed by atoms with Crippen LogP contribution in [-0.2, 0) is 18.9 Å². The quantitative estimate of drug-likeness (QED) is 0.627. The van der Waals surface area contributed by atoms with Gasteiger partial charge in [-0.15, -0.1) is 0 Å². The average molecular weight is 338 g/mol. The molecule has 24 heavy (non-hydrogen) atoms. The predicted octanol–water partition coefficient (Wildman–Crippen LogP) is 0.563. The Balaban J connectivity index is 1.43. The fraction of sp³-hybridized carbons (Fsp3) is 1.00. The van der Waals surface area contributed by atoms with Gasteiger partial charge in [-0.3, -0.25) is 0 Å². The Hall–Kier alpha value is -0.240. The van der Waals surface area contributed by atoms with Crippen molar-refractivity contribution in [2.24, 2.45) is 22.3 Å². The molecule has 0 aromatic rings. The summed E-state index contributed by atoms with van der Waals surface area (Å²) in [5.41, 5.74) is 13.6. The maximum absolute atomic E-state index is 6.72. The van der Waals surface area contributed by atoms with Gasteiger partial charge in [-0.1, -0.05) is 0 Å². The van der Waals surface area contributed by atoms with Gasteiger partial charge >= 0.3 is 0 Å². The normalized spacial score (nSPS) is 55.2. The number of hydrogen-bond acceptors (Lipinski definition) is 6. The molecule has 0 bridgehead atoms. The fourth-order valence-electron chi connectivity index (χ4n) is 5.36. The molecule has 1 aliphatic carbocycles. The molecule has 5 aliphatic rings. The summed E-state index contributed by atoms with van der Waals surface area (Å²) in [5.74, 6) is 0. The van der Waals surface area contributed by atoms with E-state index in [9.17, 15) is 0 Å². The van der Waals surface area contributed by atoms with Crippen LogP contribution in [0.25, 0.3) is 0 Å². The molecule has 4 aliphatic heterocycles. The van der Waals surface area contributed by atoms with E-state index in [4.69, 9.17) is 30.4 Å². The molecule has 4 N–H and O–H groups in total. The SMILES string of the molecule is NC1CC(N)C(CC2CO2)(CC2CO2)CC1(CC1CO1)CC1CO1. The van der Waals surface area contributed by atoms with E-state index >= 15 is 0 Å². The second kappa shape index (κ2) is 5.63. The summed E-state index contributed by atoms with van der Waals surface area (Å²) in [6.07, 6.45) is 7.72. The molecule has 0 amide bonds.